The van der Waals surface area contributed by atoms with Gasteiger partial charge >= 0.3 is 6.03 Å². The van der Waals surface area contributed by atoms with E-state index in [1.54, 1.807) is 30.5 Å². The minimum atomic E-state index is -0.778. The summed E-state index contributed by atoms with van der Waals surface area (Å²) < 4.78 is -0.0927. The van der Waals surface area contributed by atoms with Gasteiger partial charge in [0.1, 0.15) is 0 Å². The Kier molecular flexibility index (Phi) is 5.50. The molecule has 0 spiro atoms. The van der Waals surface area contributed by atoms with Gasteiger partial charge in [-0.1, -0.05) is 60.4 Å². The van der Waals surface area contributed by atoms with Crippen LogP contribution in [-0.4, -0.2) is 47.7 Å². The summed E-state index contributed by atoms with van der Waals surface area (Å²) in [6.45, 7) is 3.82. The Balaban J connectivity index is 1.59. The Hall–Kier alpha value is -2.88. The third-order valence-corrected chi connectivity index (χ3v) is 6.33. The molecule has 0 saturated carbocycles. The van der Waals surface area contributed by atoms with Gasteiger partial charge in [-0.2, -0.15) is 10.2 Å². The monoisotopic (exact) mass is 439 g/mol. The van der Waals surface area contributed by atoms with Crippen LogP contribution in [0.15, 0.2) is 65.9 Å². The second-order valence-corrected chi connectivity index (χ2v) is 9.65. The van der Waals surface area contributed by atoms with Gasteiger partial charge in [-0.25, -0.2) is 9.80 Å². The van der Waals surface area contributed by atoms with Crippen molar-refractivity contribution in [3.05, 3.63) is 66.4 Å². The molecular weight excluding hydrogens is 418 g/mol. The number of hydrogen-bond acceptors (Lipinski definition) is 5. The predicted molar refractivity (Wildman–Crippen MR) is 125 cm³/mol. The molecule has 0 unspecified atom stereocenters. The van der Waals surface area contributed by atoms with E-state index >= 15 is 0 Å². The molecule has 3 aromatic rings. The van der Waals surface area contributed by atoms with Crippen molar-refractivity contribution < 1.29 is 10.0 Å². The minimum Gasteiger partial charge on any atom is -0.361 e. The van der Waals surface area contributed by atoms with E-state index in [4.69, 9.17) is 12.2 Å². The highest BCUT2D eigenvalue weighted by atomic mass is 32.2. The molecule has 1 aliphatic heterocycles. The van der Waals surface area contributed by atoms with E-state index in [0.29, 0.717) is 15.1 Å². The maximum Gasteiger partial charge on any atom is 0.347 e. The number of amides is 2. The SMILES string of the molecule is CC1(C)SC(=S)N(/N=C/c2c[nH]c3ccccc23)[C@@H]1N(O)C(=O)Nc1ccccc1. The Labute approximate surface area is 183 Å². The number of thiocarbonyl (C=S) groups is 1. The Bertz CT molecular complexity index is 1110. The molecule has 2 aromatic carbocycles. The lowest BCUT2D eigenvalue weighted by Crippen LogP contribution is -2.54. The minimum absolute atomic E-state index is 0.479. The summed E-state index contributed by atoms with van der Waals surface area (Å²) in [7, 11) is 0. The van der Waals surface area contributed by atoms with E-state index in [2.05, 4.69) is 15.4 Å². The second-order valence-electron chi connectivity index (χ2n) is 7.36. The number of hydrazone groups is 1. The van der Waals surface area contributed by atoms with Crippen LogP contribution in [0.4, 0.5) is 10.5 Å². The Morgan fingerprint density at radius 1 is 1.27 bits per heavy atom. The summed E-state index contributed by atoms with van der Waals surface area (Å²) in [5.41, 5.74) is 2.47. The van der Waals surface area contributed by atoms with Crippen molar-refractivity contribution in [1.29, 1.82) is 0 Å². The number of benzene rings is 2. The summed E-state index contributed by atoms with van der Waals surface area (Å²) in [6, 6.07) is 16.2. The molecule has 2 amide bonds. The standard InChI is InChI=1S/C21H21N5O2S2/c1-21(2)18(26(28)19(27)24-15-8-4-3-5-9-15)25(20(29)30-21)23-13-14-12-22-17-11-7-6-10-16(14)17/h3-13,18,22,28H,1-2H3,(H,24,27)/b23-13+/t18-/m1/s1. The van der Waals surface area contributed by atoms with Gasteiger partial charge in [0.2, 0.25) is 0 Å². The highest BCUT2D eigenvalue weighted by Crippen LogP contribution is 2.42. The summed E-state index contributed by atoms with van der Waals surface area (Å²) in [5, 5.41) is 21.2. The van der Waals surface area contributed by atoms with Gasteiger partial charge in [0.05, 0.1) is 11.0 Å². The van der Waals surface area contributed by atoms with Gasteiger partial charge in [-0.3, -0.25) is 5.21 Å². The number of rotatable bonds is 4. The summed E-state index contributed by atoms with van der Waals surface area (Å²) >= 11 is 6.88. The molecule has 1 atom stereocenters. The van der Waals surface area contributed by atoms with E-state index in [0.717, 1.165) is 16.5 Å². The number of nitrogens with zero attached hydrogens (tertiary/aromatic N) is 3. The van der Waals surface area contributed by atoms with Crippen molar-refractivity contribution in [3.8, 4) is 0 Å². The zero-order chi connectivity index (χ0) is 21.3. The van der Waals surface area contributed by atoms with Crippen molar-refractivity contribution in [2.75, 3.05) is 5.32 Å². The molecule has 3 N–H and O–H groups in total. The number of aromatic nitrogens is 1. The van der Waals surface area contributed by atoms with Crippen LogP contribution < -0.4 is 5.32 Å². The van der Waals surface area contributed by atoms with Gasteiger partial charge in [-0.15, -0.1) is 0 Å². The number of thioether (sulfide) groups is 1. The molecule has 0 radical (unpaired) electrons. The lowest BCUT2D eigenvalue weighted by molar-refractivity contribution is -0.114. The van der Waals surface area contributed by atoms with Crippen molar-refractivity contribution in [2.45, 2.75) is 24.8 Å². The van der Waals surface area contributed by atoms with E-state index in [1.807, 2.05) is 50.4 Å². The first-order valence-electron chi connectivity index (χ1n) is 9.33. The number of para-hydroxylation sites is 2. The molecule has 0 bridgehead atoms. The smallest absolute Gasteiger partial charge is 0.347 e. The normalized spacial score (nSPS) is 18.3. The number of fused-ring (bicyclic) bond motifs is 1. The first-order chi connectivity index (χ1) is 14.4. The van der Waals surface area contributed by atoms with Crippen LogP contribution in [0.25, 0.3) is 10.9 Å². The molecule has 2 heterocycles. The molecule has 154 valence electrons. The molecule has 1 saturated heterocycles. The number of nitrogens with one attached hydrogen (secondary N) is 2. The van der Waals surface area contributed by atoms with Crippen molar-refractivity contribution >= 4 is 57.1 Å². The predicted octanol–water partition coefficient (Wildman–Crippen LogP) is 4.86. The van der Waals surface area contributed by atoms with Gasteiger partial charge in [0.15, 0.2) is 10.5 Å². The lowest BCUT2D eigenvalue weighted by Gasteiger charge is -2.34. The fourth-order valence-electron chi connectivity index (χ4n) is 3.37. The van der Waals surface area contributed by atoms with Crippen LogP contribution in [0.3, 0.4) is 0 Å². The topological polar surface area (TPSA) is 84.0 Å². The number of urea groups is 1. The van der Waals surface area contributed by atoms with Crippen LogP contribution in [0, 0.1) is 0 Å². The molecule has 1 fully saturated rings. The molecule has 4 rings (SSSR count). The molecule has 1 aromatic heterocycles. The number of carbonyl (C=O) groups excluding carboxylic acids is 1. The molecule has 1 aliphatic rings. The maximum atomic E-state index is 12.7. The Morgan fingerprint density at radius 3 is 2.73 bits per heavy atom. The summed E-state index contributed by atoms with van der Waals surface area (Å²) in [4.78, 5) is 15.9. The summed E-state index contributed by atoms with van der Waals surface area (Å²) in [5.74, 6) is 0. The van der Waals surface area contributed by atoms with Gasteiger partial charge in [0, 0.05) is 28.4 Å². The third kappa shape index (κ3) is 3.91. The fraction of sp³-hybridized carbons (Fsp3) is 0.190. The van der Waals surface area contributed by atoms with Gasteiger partial charge < -0.3 is 10.3 Å². The lowest BCUT2D eigenvalue weighted by atomic mass is 10.1. The Morgan fingerprint density at radius 2 is 1.97 bits per heavy atom. The van der Waals surface area contributed by atoms with Crippen LogP contribution in [0.2, 0.25) is 0 Å². The van der Waals surface area contributed by atoms with E-state index in [9.17, 15) is 10.0 Å². The molecule has 9 heteroatoms. The summed E-state index contributed by atoms with van der Waals surface area (Å²) in [6.07, 6.45) is 2.77. The van der Waals surface area contributed by atoms with Crippen molar-refractivity contribution in [1.82, 2.24) is 15.1 Å². The molecule has 0 aliphatic carbocycles. The quantitative estimate of drug-likeness (QED) is 0.234. The molecular formula is C21H21N5O2S2. The van der Waals surface area contributed by atoms with Crippen LogP contribution in [0.1, 0.15) is 19.4 Å². The zero-order valence-corrected chi connectivity index (χ0v) is 18.1. The number of carbonyl (C=O) groups is 1. The van der Waals surface area contributed by atoms with Crippen LogP contribution in [0.5, 0.6) is 0 Å². The number of anilines is 1. The second kappa shape index (κ2) is 8.10. The van der Waals surface area contributed by atoms with Gasteiger partial charge in [0.25, 0.3) is 0 Å². The highest BCUT2D eigenvalue weighted by Gasteiger charge is 2.50. The first kappa shape index (κ1) is 20.4. The average Bonchev–Trinajstić information content (AvgIpc) is 3.23. The first-order valence-corrected chi connectivity index (χ1v) is 10.6. The van der Waals surface area contributed by atoms with Crippen molar-refractivity contribution in [3.63, 3.8) is 0 Å². The average molecular weight is 440 g/mol. The number of hydrogen-bond donors (Lipinski definition) is 3. The van der Waals surface area contributed by atoms with Crippen LogP contribution >= 0.6 is 24.0 Å². The van der Waals surface area contributed by atoms with E-state index in [1.165, 1.54) is 16.8 Å². The van der Waals surface area contributed by atoms with E-state index in [-0.39, 0.29) is 0 Å². The number of hydroxylamine groups is 2. The largest absolute Gasteiger partial charge is 0.361 e. The zero-order valence-electron chi connectivity index (χ0n) is 16.4. The van der Waals surface area contributed by atoms with E-state index < -0.39 is 16.9 Å². The highest BCUT2D eigenvalue weighted by molar-refractivity contribution is 8.24. The number of aromatic amines is 1. The van der Waals surface area contributed by atoms with Crippen LogP contribution in [-0.2, 0) is 0 Å². The third-order valence-electron chi connectivity index (χ3n) is 4.80. The molecule has 30 heavy (non-hydrogen) atoms. The maximum absolute atomic E-state index is 12.7. The molecule has 7 nitrogen and oxygen atoms in total. The number of H-pyrrole nitrogens is 1. The fourth-order valence-corrected chi connectivity index (χ4v) is 5.15. The van der Waals surface area contributed by atoms with Gasteiger partial charge in [-0.05, 0) is 32.0 Å². The van der Waals surface area contributed by atoms with Crippen molar-refractivity contribution in [2.24, 2.45) is 5.10 Å².